The molecule has 0 spiro atoms. The minimum Gasteiger partial charge on any atom is -0.375 e. The summed E-state index contributed by atoms with van der Waals surface area (Å²) in [5.41, 5.74) is 2.97. The van der Waals surface area contributed by atoms with E-state index in [1.54, 1.807) is 0 Å². The molecular formula is C16H25NO. The summed E-state index contributed by atoms with van der Waals surface area (Å²) in [5.74, 6) is 0. The monoisotopic (exact) mass is 247 g/mol. The highest BCUT2D eigenvalue weighted by atomic mass is 16.5. The number of hydrogen-bond donors (Lipinski definition) is 1. The molecule has 1 N–H and O–H groups in total. The van der Waals surface area contributed by atoms with Gasteiger partial charge in [-0.1, -0.05) is 24.3 Å². The summed E-state index contributed by atoms with van der Waals surface area (Å²) < 4.78 is 5.73. The number of aryl methyl sites for hydroxylation is 1. The molecule has 0 saturated heterocycles. The van der Waals surface area contributed by atoms with Crippen LogP contribution in [0.1, 0.15) is 38.3 Å². The average molecular weight is 247 g/mol. The lowest BCUT2D eigenvalue weighted by atomic mass is 9.88. The molecule has 0 saturated carbocycles. The van der Waals surface area contributed by atoms with Crippen LogP contribution in [0.25, 0.3) is 0 Å². The molecule has 2 nitrogen and oxygen atoms in total. The lowest BCUT2D eigenvalue weighted by molar-refractivity contribution is -0.0108. The molecule has 0 amide bonds. The molecule has 2 rings (SSSR count). The van der Waals surface area contributed by atoms with Gasteiger partial charge in [-0.3, -0.25) is 0 Å². The van der Waals surface area contributed by atoms with Gasteiger partial charge in [0, 0.05) is 19.2 Å². The first kappa shape index (κ1) is 13.6. The molecule has 0 aromatic heterocycles. The van der Waals surface area contributed by atoms with Crippen molar-refractivity contribution < 1.29 is 4.74 Å². The van der Waals surface area contributed by atoms with Crippen LogP contribution < -0.4 is 5.32 Å². The van der Waals surface area contributed by atoms with E-state index in [1.807, 2.05) is 0 Å². The Balaban J connectivity index is 1.87. The average Bonchev–Trinajstić information content (AvgIpc) is 2.36. The van der Waals surface area contributed by atoms with Gasteiger partial charge in [-0.2, -0.15) is 0 Å². The molecule has 1 aromatic carbocycles. The zero-order valence-electron chi connectivity index (χ0n) is 11.8. The fourth-order valence-corrected chi connectivity index (χ4v) is 2.70. The molecule has 1 aliphatic carbocycles. The number of benzene rings is 1. The van der Waals surface area contributed by atoms with Gasteiger partial charge in [0.1, 0.15) is 0 Å². The lowest BCUT2D eigenvalue weighted by Crippen LogP contribution is -2.44. The third-order valence-corrected chi connectivity index (χ3v) is 3.70. The largest absolute Gasteiger partial charge is 0.375 e. The van der Waals surface area contributed by atoms with Gasteiger partial charge >= 0.3 is 0 Å². The first-order chi connectivity index (χ1) is 8.61. The summed E-state index contributed by atoms with van der Waals surface area (Å²) in [7, 11) is 0. The highest BCUT2D eigenvalue weighted by Gasteiger charge is 2.22. The summed E-state index contributed by atoms with van der Waals surface area (Å²) in [4.78, 5) is 0. The number of nitrogens with one attached hydrogen (secondary N) is 1. The van der Waals surface area contributed by atoms with Crippen LogP contribution in [0, 0.1) is 0 Å². The zero-order chi connectivity index (χ0) is 13.0. The fraction of sp³-hybridized carbons (Fsp3) is 0.625. The Labute approximate surface area is 111 Å². The van der Waals surface area contributed by atoms with Crippen molar-refractivity contribution in [1.29, 1.82) is 0 Å². The van der Waals surface area contributed by atoms with Gasteiger partial charge in [-0.05, 0) is 51.2 Å². The predicted molar refractivity (Wildman–Crippen MR) is 76.0 cm³/mol. The van der Waals surface area contributed by atoms with Crippen LogP contribution in [0.4, 0.5) is 0 Å². The van der Waals surface area contributed by atoms with Crippen molar-refractivity contribution >= 4 is 0 Å². The van der Waals surface area contributed by atoms with E-state index in [1.165, 1.54) is 24.0 Å². The third kappa shape index (κ3) is 3.56. The summed E-state index contributed by atoms with van der Waals surface area (Å²) in [5, 5.41) is 3.66. The SMILES string of the molecule is CCOC(C)(C)CNC1CCc2ccccc2C1. The van der Waals surface area contributed by atoms with Crippen molar-refractivity contribution in [3.63, 3.8) is 0 Å². The smallest absolute Gasteiger partial charge is 0.0750 e. The Kier molecular flexibility index (Phi) is 4.41. The number of ether oxygens (including phenoxy) is 1. The number of fused-ring (bicyclic) bond motifs is 1. The Morgan fingerprint density at radius 1 is 1.28 bits per heavy atom. The molecule has 0 bridgehead atoms. The maximum Gasteiger partial charge on any atom is 0.0750 e. The Hall–Kier alpha value is -0.860. The summed E-state index contributed by atoms with van der Waals surface area (Å²) in [6.45, 7) is 8.06. The molecule has 1 atom stereocenters. The summed E-state index contributed by atoms with van der Waals surface area (Å²) >= 11 is 0. The van der Waals surface area contributed by atoms with E-state index in [2.05, 4.69) is 50.4 Å². The maximum absolute atomic E-state index is 5.73. The quantitative estimate of drug-likeness (QED) is 0.864. The minimum absolute atomic E-state index is 0.0638. The predicted octanol–water partition coefficient (Wildman–Crippen LogP) is 2.95. The highest BCUT2D eigenvalue weighted by Crippen LogP contribution is 2.21. The van der Waals surface area contributed by atoms with Crippen molar-refractivity contribution in [3.05, 3.63) is 35.4 Å². The topological polar surface area (TPSA) is 21.3 Å². The van der Waals surface area contributed by atoms with E-state index in [9.17, 15) is 0 Å². The maximum atomic E-state index is 5.73. The van der Waals surface area contributed by atoms with Gasteiger partial charge in [0.25, 0.3) is 0 Å². The van der Waals surface area contributed by atoms with E-state index in [0.717, 1.165) is 19.6 Å². The van der Waals surface area contributed by atoms with Gasteiger partial charge in [0.05, 0.1) is 5.60 Å². The van der Waals surface area contributed by atoms with Crippen LogP contribution >= 0.6 is 0 Å². The van der Waals surface area contributed by atoms with Crippen LogP contribution in [0.5, 0.6) is 0 Å². The lowest BCUT2D eigenvalue weighted by Gasteiger charge is -2.31. The van der Waals surface area contributed by atoms with Crippen LogP contribution in [-0.2, 0) is 17.6 Å². The zero-order valence-corrected chi connectivity index (χ0v) is 11.8. The highest BCUT2D eigenvalue weighted by molar-refractivity contribution is 5.30. The fourth-order valence-electron chi connectivity index (χ4n) is 2.70. The second-order valence-corrected chi connectivity index (χ2v) is 5.78. The van der Waals surface area contributed by atoms with E-state index < -0.39 is 0 Å². The van der Waals surface area contributed by atoms with E-state index in [4.69, 9.17) is 4.74 Å². The Bertz CT molecular complexity index is 386. The first-order valence-electron chi connectivity index (χ1n) is 7.05. The molecule has 0 radical (unpaired) electrons. The molecular weight excluding hydrogens is 222 g/mol. The molecule has 0 fully saturated rings. The molecule has 1 unspecified atom stereocenters. The summed E-state index contributed by atoms with van der Waals surface area (Å²) in [6, 6.07) is 9.41. The van der Waals surface area contributed by atoms with Crippen LogP contribution in [-0.4, -0.2) is 24.8 Å². The molecule has 1 aliphatic rings. The van der Waals surface area contributed by atoms with Crippen molar-refractivity contribution in [1.82, 2.24) is 5.32 Å². The number of rotatable bonds is 5. The molecule has 100 valence electrons. The minimum atomic E-state index is -0.0638. The van der Waals surface area contributed by atoms with Crippen molar-refractivity contribution in [2.45, 2.75) is 51.7 Å². The molecule has 1 aromatic rings. The number of hydrogen-bond acceptors (Lipinski definition) is 2. The van der Waals surface area contributed by atoms with Crippen molar-refractivity contribution in [2.75, 3.05) is 13.2 Å². The Morgan fingerprint density at radius 3 is 2.72 bits per heavy atom. The van der Waals surface area contributed by atoms with Gasteiger partial charge in [-0.15, -0.1) is 0 Å². The third-order valence-electron chi connectivity index (χ3n) is 3.70. The standard InChI is InChI=1S/C16H25NO/c1-4-18-16(2,3)12-17-15-10-9-13-7-5-6-8-14(13)11-15/h5-8,15,17H,4,9-12H2,1-3H3. The van der Waals surface area contributed by atoms with Crippen molar-refractivity contribution in [2.24, 2.45) is 0 Å². The normalized spacial score (nSPS) is 19.6. The first-order valence-corrected chi connectivity index (χ1v) is 7.05. The van der Waals surface area contributed by atoms with Crippen LogP contribution in [0.3, 0.4) is 0 Å². The van der Waals surface area contributed by atoms with Crippen LogP contribution in [0.2, 0.25) is 0 Å². The van der Waals surface area contributed by atoms with Gasteiger partial charge < -0.3 is 10.1 Å². The molecule has 0 heterocycles. The molecule has 2 heteroatoms. The van der Waals surface area contributed by atoms with Crippen LogP contribution in [0.15, 0.2) is 24.3 Å². The van der Waals surface area contributed by atoms with Gasteiger partial charge in [0.2, 0.25) is 0 Å². The van der Waals surface area contributed by atoms with Crippen molar-refractivity contribution in [3.8, 4) is 0 Å². The Morgan fingerprint density at radius 2 is 2.00 bits per heavy atom. The molecule has 18 heavy (non-hydrogen) atoms. The van der Waals surface area contributed by atoms with E-state index in [-0.39, 0.29) is 5.60 Å². The van der Waals surface area contributed by atoms with Gasteiger partial charge in [-0.25, -0.2) is 0 Å². The molecule has 0 aliphatic heterocycles. The second kappa shape index (κ2) is 5.85. The second-order valence-electron chi connectivity index (χ2n) is 5.78. The van der Waals surface area contributed by atoms with E-state index in [0.29, 0.717) is 6.04 Å². The van der Waals surface area contributed by atoms with E-state index >= 15 is 0 Å². The summed E-state index contributed by atoms with van der Waals surface area (Å²) in [6.07, 6.45) is 3.58. The van der Waals surface area contributed by atoms with Gasteiger partial charge in [0.15, 0.2) is 0 Å².